The molecule has 5 N–H and O–H groups in total. The zero-order valence-corrected chi connectivity index (χ0v) is 17.0. The highest BCUT2D eigenvalue weighted by atomic mass is 35.5. The molecule has 1 aliphatic heterocycles. The van der Waals surface area contributed by atoms with Crippen molar-refractivity contribution in [3.8, 4) is 0 Å². The van der Waals surface area contributed by atoms with Crippen molar-refractivity contribution in [1.82, 2.24) is 4.98 Å². The second-order valence-corrected chi connectivity index (χ2v) is 7.95. The van der Waals surface area contributed by atoms with Crippen LogP contribution in [0.2, 0.25) is 5.02 Å². The molecule has 0 saturated carbocycles. The molecule has 0 spiro atoms. The molecule has 1 aliphatic rings. The quantitative estimate of drug-likeness (QED) is 0.376. The summed E-state index contributed by atoms with van der Waals surface area (Å²) in [5.41, 5.74) is 2.28. The molecule has 1 saturated heterocycles. The number of aliphatic hydroxyl groups is 3. The number of aliphatic carboxylic acids is 1. The summed E-state index contributed by atoms with van der Waals surface area (Å²) in [6, 6.07) is 10.8. The topological polar surface area (TPSA) is 149 Å². The van der Waals surface area contributed by atoms with E-state index >= 15 is 0 Å². The number of nitrogens with one attached hydrogen (secondary N) is 1. The van der Waals surface area contributed by atoms with Crippen molar-refractivity contribution in [2.75, 3.05) is 0 Å². The summed E-state index contributed by atoms with van der Waals surface area (Å²) < 4.78 is 10.1. The number of esters is 1. The molecular formula is C21H20ClNO8. The minimum Gasteiger partial charge on any atom is -0.479 e. The number of carbonyl (C=O) groups excluding carboxylic acids is 1. The minimum atomic E-state index is -1.86. The van der Waals surface area contributed by atoms with Crippen molar-refractivity contribution in [2.45, 2.75) is 43.5 Å². The van der Waals surface area contributed by atoms with Crippen LogP contribution in [0.5, 0.6) is 0 Å². The molecular weight excluding hydrogens is 430 g/mol. The molecule has 164 valence electrons. The number of carboxylic acids is 1. The van der Waals surface area contributed by atoms with Gasteiger partial charge in [-0.25, -0.2) is 4.79 Å². The normalized spacial score (nSPS) is 27.3. The molecule has 31 heavy (non-hydrogen) atoms. The van der Waals surface area contributed by atoms with E-state index in [-0.39, 0.29) is 0 Å². The van der Waals surface area contributed by atoms with Crippen LogP contribution in [0.1, 0.15) is 18.4 Å². The largest absolute Gasteiger partial charge is 0.479 e. The number of aromatic amines is 1. The molecule has 10 heteroatoms. The average molecular weight is 450 g/mol. The van der Waals surface area contributed by atoms with E-state index in [1.165, 1.54) is 0 Å². The van der Waals surface area contributed by atoms with Crippen molar-refractivity contribution in [1.29, 1.82) is 0 Å². The van der Waals surface area contributed by atoms with Gasteiger partial charge in [0.05, 0.1) is 5.92 Å². The Labute approximate surface area is 180 Å². The predicted octanol–water partition coefficient (Wildman–Crippen LogP) is 1.51. The van der Waals surface area contributed by atoms with E-state index < -0.39 is 48.6 Å². The zero-order chi connectivity index (χ0) is 22.4. The number of hydrogen-bond donors (Lipinski definition) is 5. The molecule has 0 bridgehead atoms. The third-order valence-electron chi connectivity index (χ3n) is 5.48. The van der Waals surface area contributed by atoms with Crippen LogP contribution in [-0.2, 0) is 19.1 Å². The Hall–Kier alpha value is -2.69. The first-order valence-corrected chi connectivity index (χ1v) is 9.89. The lowest BCUT2D eigenvalue weighted by Crippen LogP contribution is -2.60. The van der Waals surface area contributed by atoms with Crippen molar-refractivity contribution in [3.63, 3.8) is 0 Å². The predicted molar refractivity (Wildman–Crippen MR) is 110 cm³/mol. The van der Waals surface area contributed by atoms with Crippen LogP contribution in [0.15, 0.2) is 36.4 Å². The molecule has 1 fully saturated rings. The highest BCUT2D eigenvalue weighted by Crippen LogP contribution is 2.31. The van der Waals surface area contributed by atoms with E-state index in [2.05, 4.69) is 4.98 Å². The second-order valence-electron chi connectivity index (χ2n) is 7.51. The van der Waals surface area contributed by atoms with Gasteiger partial charge in [0.15, 0.2) is 6.10 Å². The SMILES string of the molecule is CC(C(=O)OC1OC(C(=O)O)C(O)C(O)C1O)c1ccc2c(c1)[nH]c1ccc(Cl)cc12. The Morgan fingerprint density at radius 2 is 1.77 bits per heavy atom. The fraction of sp³-hybridized carbons (Fsp3) is 0.333. The van der Waals surface area contributed by atoms with Crippen molar-refractivity contribution < 1.29 is 39.5 Å². The molecule has 2 aromatic carbocycles. The van der Waals surface area contributed by atoms with Crippen molar-refractivity contribution in [2.24, 2.45) is 0 Å². The summed E-state index contributed by atoms with van der Waals surface area (Å²) >= 11 is 6.08. The number of fused-ring (bicyclic) bond motifs is 3. The lowest BCUT2D eigenvalue weighted by molar-refractivity contribution is -0.286. The average Bonchev–Trinajstić information content (AvgIpc) is 3.10. The molecule has 2 heterocycles. The van der Waals surface area contributed by atoms with Crippen LogP contribution in [0, 0.1) is 0 Å². The summed E-state index contributed by atoms with van der Waals surface area (Å²) in [4.78, 5) is 27.1. The summed E-state index contributed by atoms with van der Waals surface area (Å²) in [5, 5.41) is 41.2. The Bertz CT molecular complexity index is 1160. The van der Waals surface area contributed by atoms with Crippen molar-refractivity contribution >= 4 is 45.3 Å². The van der Waals surface area contributed by atoms with E-state index in [1.807, 2.05) is 18.2 Å². The smallest absolute Gasteiger partial charge is 0.335 e. The summed E-state index contributed by atoms with van der Waals surface area (Å²) in [5.74, 6) is -3.14. The third kappa shape index (κ3) is 3.86. The molecule has 9 nitrogen and oxygen atoms in total. The van der Waals surface area contributed by atoms with Crippen LogP contribution in [0.25, 0.3) is 21.8 Å². The number of benzene rings is 2. The zero-order valence-electron chi connectivity index (χ0n) is 16.2. The number of rotatable bonds is 4. The Kier molecular flexibility index (Phi) is 5.63. The van der Waals surface area contributed by atoms with Gasteiger partial charge < -0.3 is 34.9 Å². The summed E-state index contributed by atoms with van der Waals surface area (Å²) in [6.07, 6.45) is -9.10. The first-order chi connectivity index (χ1) is 14.7. The molecule has 0 amide bonds. The number of hydrogen-bond acceptors (Lipinski definition) is 7. The van der Waals surface area contributed by atoms with Gasteiger partial charge in [-0.05, 0) is 36.8 Å². The fourth-order valence-electron chi connectivity index (χ4n) is 3.66. The van der Waals surface area contributed by atoms with Gasteiger partial charge in [0, 0.05) is 26.8 Å². The lowest BCUT2D eigenvalue weighted by atomic mass is 9.98. The monoisotopic (exact) mass is 449 g/mol. The number of carbonyl (C=O) groups is 2. The van der Waals surface area contributed by atoms with Gasteiger partial charge in [-0.2, -0.15) is 0 Å². The fourth-order valence-corrected chi connectivity index (χ4v) is 3.84. The highest BCUT2D eigenvalue weighted by molar-refractivity contribution is 6.31. The van der Waals surface area contributed by atoms with Crippen LogP contribution < -0.4 is 0 Å². The third-order valence-corrected chi connectivity index (χ3v) is 5.72. The number of aliphatic hydroxyl groups excluding tert-OH is 3. The molecule has 3 aromatic rings. The molecule has 0 aliphatic carbocycles. The van der Waals surface area contributed by atoms with Crippen molar-refractivity contribution in [3.05, 3.63) is 47.0 Å². The minimum absolute atomic E-state index is 0.604. The molecule has 1 aromatic heterocycles. The van der Waals surface area contributed by atoms with Gasteiger partial charge in [0.2, 0.25) is 6.29 Å². The van der Waals surface area contributed by atoms with E-state index in [1.54, 1.807) is 25.1 Å². The maximum atomic E-state index is 12.6. The first-order valence-electron chi connectivity index (χ1n) is 9.51. The second kappa shape index (κ2) is 8.10. The lowest BCUT2D eigenvalue weighted by Gasteiger charge is -2.38. The van der Waals surface area contributed by atoms with E-state index in [0.717, 1.165) is 21.8 Å². The summed E-state index contributed by atoms with van der Waals surface area (Å²) in [7, 11) is 0. The van der Waals surface area contributed by atoms with Crippen LogP contribution in [0.3, 0.4) is 0 Å². The summed E-state index contributed by atoms with van der Waals surface area (Å²) in [6.45, 7) is 1.58. The van der Waals surface area contributed by atoms with Crippen LogP contribution in [0.4, 0.5) is 0 Å². The van der Waals surface area contributed by atoms with Gasteiger partial charge >= 0.3 is 11.9 Å². The van der Waals surface area contributed by atoms with Gasteiger partial charge in [-0.1, -0.05) is 23.7 Å². The number of carboxylic acid groups (broad SMARTS) is 1. The van der Waals surface area contributed by atoms with E-state index in [0.29, 0.717) is 10.6 Å². The Morgan fingerprint density at radius 1 is 1.03 bits per heavy atom. The molecule has 4 rings (SSSR count). The van der Waals surface area contributed by atoms with E-state index in [9.17, 15) is 24.9 Å². The van der Waals surface area contributed by atoms with Gasteiger partial charge in [0.25, 0.3) is 0 Å². The first kappa shape index (κ1) is 21.5. The Balaban J connectivity index is 1.55. The highest BCUT2D eigenvalue weighted by Gasteiger charge is 2.48. The molecule has 0 radical (unpaired) electrons. The molecule has 6 atom stereocenters. The van der Waals surface area contributed by atoms with Gasteiger partial charge in [-0.3, -0.25) is 4.79 Å². The maximum absolute atomic E-state index is 12.6. The van der Waals surface area contributed by atoms with Crippen LogP contribution in [-0.4, -0.2) is 68.1 Å². The maximum Gasteiger partial charge on any atom is 0.335 e. The van der Waals surface area contributed by atoms with E-state index in [4.69, 9.17) is 26.2 Å². The standard InChI is InChI=1S/C21H20ClNO8/c1-8(20(29)31-21-17(26)15(24)16(25)18(30-21)19(27)28)9-2-4-11-12-7-10(22)3-5-13(12)23-14(11)6-9/h2-8,15-18,21,23-26H,1H3,(H,27,28). The Morgan fingerprint density at radius 3 is 2.48 bits per heavy atom. The van der Waals surface area contributed by atoms with Crippen LogP contribution >= 0.6 is 11.6 Å². The molecule has 6 unspecified atom stereocenters. The number of H-pyrrole nitrogens is 1. The van der Waals surface area contributed by atoms with Gasteiger partial charge in [0.1, 0.15) is 18.3 Å². The number of ether oxygens (including phenoxy) is 2. The number of aromatic nitrogens is 1. The number of halogens is 1. The van der Waals surface area contributed by atoms with Gasteiger partial charge in [-0.15, -0.1) is 0 Å².